The first-order valence-corrected chi connectivity index (χ1v) is 15.5. The first kappa shape index (κ1) is 26.3. The lowest BCUT2D eigenvalue weighted by molar-refractivity contribution is -0.136. The maximum Gasteiger partial charge on any atom is 0.311 e. The van der Waals surface area contributed by atoms with E-state index in [9.17, 15) is 9.90 Å². The smallest absolute Gasteiger partial charge is 0.311 e. The monoisotopic (exact) mass is 497 g/mol. The van der Waals surface area contributed by atoms with Crippen LogP contribution in [-0.4, -0.2) is 16.2 Å². The van der Waals surface area contributed by atoms with Crippen molar-refractivity contribution in [3.63, 3.8) is 0 Å². The van der Waals surface area contributed by atoms with E-state index in [1.165, 1.54) is 127 Å². The lowest BCUT2D eigenvalue weighted by atomic mass is 9.49. The molecule has 1 N–H and O–H groups in total. The molecule has 0 radical (unpaired) electrons. The van der Waals surface area contributed by atoms with Gasteiger partial charge in [0.05, 0.1) is 5.69 Å². The zero-order valence-electron chi connectivity index (χ0n) is 23.4. The predicted molar refractivity (Wildman–Crippen MR) is 144 cm³/mol. The van der Waals surface area contributed by atoms with Crippen molar-refractivity contribution in [2.75, 3.05) is 0 Å². The molecule has 0 amide bonds. The van der Waals surface area contributed by atoms with Crippen LogP contribution in [0, 0.1) is 22.2 Å². The highest BCUT2D eigenvalue weighted by atomic mass is 16.5. The molecule has 1 aromatic heterocycles. The Hall–Kier alpha value is -1.32. The van der Waals surface area contributed by atoms with E-state index in [0.29, 0.717) is 34.3 Å². The molecule has 4 nitrogen and oxygen atoms in total. The first-order valence-electron chi connectivity index (χ1n) is 15.5. The van der Waals surface area contributed by atoms with Crippen LogP contribution in [0.3, 0.4) is 0 Å². The second-order valence-corrected chi connectivity index (χ2v) is 14.0. The number of carboxylic acids is 1. The van der Waals surface area contributed by atoms with Gasteiger partial charge < -0.3 is 9.63 Å². The van der Waals surface area contributed by atoms with Gasteiger partial charge in [-0.1, -0.05) is 90.1 Å². The molecule has 4 heteroatoms. The predicted octanol–water partition coefficient (Wildman–Crippen LogP) is 9.18. The summed E-state index contributed by atoms with van der Waals surface area (Å²) in [5.41, 5.74) is 3.34. The van der Waals surface area contributed by atoms with Crippen molar-refractivity contribution in [1.82, 2.24) is 5.16 Å². The van der Waals surface area contributed by atoms with Gasteiger partial charge in [0.15, 0.2) is 5.76 Å². The lowest BCUT2D eigenvalue weighted by Crippen LogP contribution is -2.46. The number of nitrogens with zero attached hydrogens (tertiary/aromatic N) is 1. The SMILES string of the molecule is CC1(C2CCCCC2c2c(C3CCCCC3(C)C3(C)CCCCC3)noc2CC(=O)O)CCCCC1. The summed E-state index contributed by atoms with van der Waals surface area (Å²) in [6, 6.07) is 0. The van der Waals surface area contributed by atoms with Crippen LogP contribution in [0.25, 0.3) is 0 Å². The number of aliphatic carboxylic acids is 1. The summed E-state index contributed by atoms with van der Waals surface area (Å²) < 4.78 is 6.06. The van der Waals surface area contributed by atoms with E-state index in [1.54, 1.807) is 0 Å². The van der Waals surface area contributed by atoms with Gasteiger partial charge in [0, 0.05) is 11.5 Å². The molecule has 0 saturated heterocycles. The molecule has 4 aliphatic carbocycles. The van der Waals surface area contributed by atoms with Gasteiger partial charge >= 0.3 is 5.97 Å². The second kappa shape index (κ2) is 10.4. The van der Waals surface area contributed by atoms with Gasteiger partial charge in [-0.05, 0) is 79.4 Å². The van der Waals surface area contributed by atoms with Crippen molar-refractivity contribution in [1.29, 1.82) is 0 Å². The number of rotatable bonds is 6. The quantitative estimate of drug-likeness (QED) is 0.425. The summed E-state index contributed by atoms with van der Waals surface area (Å²) in [6.07, 6.45) is 23.4. The summed E-state index contributed by atoms with van der Waals surface area (Å²) in [4.78, 5) is 12.0. The molecule has 0 spiro atoms. The van der Waals surface area contributed by atoms with Crippen LogP contribution in [0.15, 0.2) is 4.52 Å². The van der Waals surface area contributed by atoms with Crippen molar-refractivity contribution in [2.24, 2.45) is 22.2 Å². The van der Waals surface area contributed by atoms with Crippen molar-refractivity contribution >= 4 is 5.97 Å². The molecule has 202 valence electrons. The fourth-order valence-electron chi connectivity index (χ4n) is 9.70. The zero-order valence-corrected chi connectivity index (χ0v) is 23.4. The Balaban J connectivity index is 1.58. The van der Waals surface area contributed by atoms with E-state index < -0.39 is 5.97 Å². The number of aromatic nitrogens is 1. The molecule has 1 aromatic rings. The molecule has 4 aliphatic rings. The van der Waals surface area contributed by atoms with Gasteiger partial charge in [-0.25, -0.2) is 0 Å². The largest absolute Gasteiger partial charge is 0.481 e. The third-order valence-corrected chi connectivity index (χ3v) is 12.0. The standard InChI is InChI=1S/C32H51NO3/c1-30(17-9-4-10-18-30)24-15-7-6-14-23(24)28-26(22-27(34)35)36-33-29(28)25-16-8-13-21-32(25,3)31(2)19-11-5-12-20-31/h23-25H,4-22H2,1-3H3,(H,34,35). The molecule has 0 aromatic carbocycles. The minimum absolute atomic E-state index is 0.0248. The van der Waals surface area contributed by atoms with Crippen LogP contribution >= 0.6 is 0 Å². The first-order chi connectivity index (χ1) is 17.3. The van der Waals surface area contributed by atoms with Gasteiger partial charge in [0.1, 0.15) is 6.42 Å². The van der Waals surface area contributed by atoms with Crippen LogP contribution in [0.4, 0.5) is 0 Å². The van der Waals surface area contributed by atoms with E-state index >= 15 is 0 Å². The topological polar surface area (TPSA) is 63.3 Å². The molecule has 4 atom stereocenters. The average molecular weight is 498 g/mol. The van der Waals surface area contributed by atoms with Gasteiger partial charge in [0.25, 0.3) is 0 Å². The van der Waals surface area contributed by atoms with E-state index in [2.05, 4.69) is 20.8 Å². The number of hydrogen-bond donors (Lipinski definition) is 1. The van der Waals surface area contributed by atoms with Crippen molar-refractivity contribution in [2.45, 2.75) is 155 Å². The normalized spacial score (nSPS) is 34.8. The Morgan fingerprint density at radius 2 is 1.44 bits per heavy atom. The number of hydrogen-bond acceptors (Lipinski definition) is 3. The summed E-state index contributed by atoms with van der Waals surface area (Å²) in [7, 11) is 0. The average Bonchev–Trinajstić information content (AvgIpc) is 3.27. The maximum absolute atomic E-state index is 12.0. The van der Waals surface area contributed by atoms with E-state index in [1.807, 2.05) is 0 Å². The van der Waals surface area contributed by atoms with Gasteiger partial charge in [-0.3, -0.25) is 4.79 Å². The van der Waals surface area contributed by atoms with Crippen LogP contribution < -0.4 is 0 Å². The van der Waals surface area contributed by atoms with E-state index in [0.717, 1.165) is 0 Å². The molecule has 4 fully saturated rings. The van der Waals surface area contributed by atoms with Crippen molar-refractivity contribution < 1.29 is 14.4 Å². The molecule has 1 heterocycles. The van der Waals surface area contributed by atoms with Crippen molar-refractivity contribution in [3.8, 4) is 0 Å². The molecule has 0 aliphatic heterocycles. The highest BCUT2D eigenvalue weighted by molar-refractivity contribution is 5.70. The summed E-state index contributed by atoms with van der Waals surface area (Å²) in [5, 5.41) is 14.7. The number of carbonyl (C=O) groups is 1. The third-order valence-electron chi connectivity index (χ3n) is 12.0. The van der Waals surface area contributed by atoms with E-state index in [4.69, 9.17) is 9.68 Å². The van der Waals surface area contributed by atoms with Crippen molar-refractivity contribution in [3.05, 3.63) is 17.0 Å². The minimum atomic E-state index is -0.791. The summed E-state index contributed by atoms with van der Waals surface area (Å²) in [6.45, 7) is 7.68. The van der Waals surface area contributed by atoms with Gasteiger partial charge in [-0.2, -0.15) is 0 Å². The fourth-order valence-corrected chi connectivity index (χ4v) is 9.70. The Kier molecular flexibility index (Phi) is 7.63. The molecule has 36 heavy (non-hydrogen) atoms. The second-order valence-electron chi connectivity index (χ2n) is 14.0. The third kappa shape index (κ3) is 4.68. The Labute approximate surface area is 219 Å². The molecule has 5 rings (SSSR count). The highest BCUT2D eigenvalue weighted by Gasteiger charge is 2.53. The molecular formula is C32H51NO3. The Bertz CT molecular complexity index is 907. The zero-order chi connectivity index (χ0) is 25.4. The molecular weight excluding hydrogens is 446 g/mol. The minimum Gasteiger partial charge on any atom is -0.481 e. The van der Waals surface area contributed by atoms with Gasteiger partial charge in [0.2, 0.25) is 0 Å². The lowest BCUT2D eigenvalue weighted by Gasteiger charge is -2.55. The van der Waals surface area contributed by atoms with Crippen LogP contribution in [0.1, 0.15) is 165 Å². The van der Waals surface area contributed by atoms with Gasteiger partial charge in [-0.15, -0.1) is 0 Å². The Morgan fingerprint density at radius 3 is 2.14 bits per heavy atom. The van der Waals surface area contributed by atoms with Crippen LogP contribution in [0.2, 0.25) is 0 Å². The highest BCUT2D eigenvalue weighted by Crippen LogP contribution is 2.63. The molecule has 4 unspecified atom stereocenters. The maximum atomic E-state index is 12.0. The Morgan fingerprint density at radius 1 is 0.833 bits per heavy atom. The summed E-state index contributed by atoms with van der Waals surface area (Å²) in [5.74, 6) is 1.30. The molecule has 0 bridgehead atoms. The molecule has 4 saturated carbocycles. The number of carboxylic acid groups (broad SMARTS) is 1. The van der Waals surface area contributed by atoms with Crippen LogP contribution in [-0.2, 0) is 11.2 Å². The van der Waals surface area contributed by atoms with Crippen LogP contribution in [0.5, 0.6) is 0 Å². The summed E-state index contributed by atoms with van der Waals surface area (Å²) >= 11 is 0. The van der Waals surface area contributed by atoms with E-state index in [-0.39, 0.29) is 11.8 Å². The fraction of sp³-hybridized carbons (Fsp3) is 0.875.